The molecule has 3 rings (SSSR count). The fourth-order valence-electron chi connectivity index (χ4n) is 4.64. The van der Waals surface area contributed by atoms with Crippen LogP contribution in [0.1, 0.15) is 33.1 Å². The van der Waals surface area contributed by atoms with E-state index in [-0.39, 0.29) is 5.41 Å². The summed E-state index contributed by atoms with van der Waals surface area (Å²) < 4.78 is 0. The molecule has 0 amide bonds. The molecule has 1 heteroatoms. The predicted molar refractivity (Wildman–Crippen MR) is 46.1 cm³/mol. The van der Waals surface area contributed by atoms with Crippen LogP contribution >= 0.6 is 0 Å². The quantitative estimate of drug-likeness (QED) is 0.535. The summed E-state index contributed by atoms with van der Waals surface area (Å²) in [6, 6.07) is 2.64. The third-order valence-electron chi connectivity index (χ3n) is 5.50. The Morgan fingerprint density at radius 2 is 2.00 bits per heavy atom. The number of rotatable bonds is 0. The van der Waals surface area contributed by atoms with E-state index >= 15 is 0 Å². The molecule has 2 bridgehead atoms. The summed E-state index contributed by atoms with van der Waals surface area (Å²) in [6.07, 6.45) is 4.08. The highest BCUT2D eigenvalue weighted by molar-refractivity contribution is 5.36. The molecule has 0 spiro atoms. The Morgan fingerprint density at radius 3 is 2.50 bits per heavy atom. The molecule has 64 valence electrons. The monoisotopic (exact) mass is 161 g/mol. The zero-order chi connectivity index (χ0) is 8.56. The van der Waals surface area contributed by atoms with Gasteiger partial charge in [0.2, 0.25) is 0 Å². The van der Waals surface area contributed by atoms with Gasteiger partial charge < -0.3 is 0 Å². The van der Waals surface area contributed by atoms with E-state index in [2.05, 4.69) is 19.9 Å². The molecule has 5 atom stereocenters. The average Bonchev–Trinajstić information content (AvgIpc) is 2.49. The molecule has 12 heavy (non-hydrogen) atoms. The molecular formula is C11H15N. The Kier molecular flexibility index (Phi) is 0.912. The summed E-state index contributed by atoms with van der Waals surface area (Å²) in [5.41, 5.74) is 0.542. The summed E-state index contributed by atoms with van der Waals surface area (Å²) >= 11 is 0. The third-order valence-corrected chi connectivity index (χ3v) is 5.50. The second kappa shape index (κ2) is 1.58. The van der Waals surface area contributed by atoms with Gasteiger partial charge in [0.05, 0.1) is 11.5 Å². The summed E-state index contributed by atoms with van der Waals surface area (Å²) in [4.78, 5) is 0. The van der Waals surface area contributed by atoms with E-state index in [0.717, 1.165) is 11.8 Å². The van der Waals surface area contributed by atoms with Gasteiger partial charge in [-0.3, -0.25) is 0 Å². The van der Waals surface area contributed by atoms with Crippen LogP contribution < -0.4 is 0 Å². The van der Waals surface area contributed by atoms with E-state index in [4.69, 9.17) is 0 Å². The fourth-order valence-corrected chi connectivity index (χ4v) is 4.64. The maximum atomic E-state index is 9.27. The molecule has 0 radical (unpaired) electrons. The van der Waals surface area contributed by atoms with Crippen LogP contribution in [0.15, 0.2) is 0 Å². The lowest BCUT2D eigenvalue weighted by Crippen LogP contribution is -2.17. The molecule has 0 N–H and O–H groups in total. The molecule has 5 unspecified atom stereocenters. The summed E-state index contributed by atoms with van der Waals surface area (Å²) in [5, 5.41) is 9.27. The largest absolute Gasteiger partial charge is 0.198 e. The minimum absolute atomic E-state index is 0.121. The van der Waals surface area contributed by atoms with E-state index in [1.165, 1.54) is 19.3 Å². The first-order chi connectivity index (χ1) is 5.68. The van der Waals surface area contributed by atoms with Gasteiger partial charge in [0.25, 0.3) is 0 Å². The standard InChI is InChI=1S/C11H15N/c1-7-10(2)8-3-4-9(5-8)11(7,10)6-12/h7-9H,3-5H2,1-2H3. The second-order valence-corrected chi connectivity index (χ2v) is 5.19. The van der Waals surface area contributed by atoms with Crippen molar-refractivity contribution in [2.45, 2.75) is 33.1 Å². The molecule has 1 nitrogen and oxygen atoms in total. The SMILES string of the molecule is CC1C2(C)C3CCC(C3)C12C#N. The van der Waals surface area contributed by atoms with E-state index in [0.29, 0.717) is 11.3 Å². The topological polar surface area (TPSA) is 23.8 Å². The van der Waals surface area contributed by atoms with Gasteiger partial charge in [0, 0.05) is 0 Å². The fraction of sp³-hybridized carbons (Fsp3) is 0.909. The minimum Gasteiger partial charge on any atom is -0.198 e. The molecule has 3 aliphatic carbocycles. The summed E-state index contributed by atoms with van der Waals surface area (Å²) in [7, 11) is 0. The van der Waals surface area contributed by atoms with E-state index in [1.54, 1.807) is 0 Å². The van der Waals surface area contributed by atoms with Gasteiger partial charge in [0.15, 0.2) is 0 Å². The van der Waals surface area contributed by atoms with Crippen LogP contribution in [-0.4, -0.2) is 0 Å². The lowest BCUT2D eigenvalue weighted by atomic mass is 9.81. The van der Waals surface area contributed by atoms with Crippen molar-refractivity contribution < 1.29 is 0 Å². The van der Waals surface area contributed by atoms with E-state index < -0.39 is 0 Å². The smallest absolute Gasteiger partial charge is 0.0701 e. The van der Waals surface area contributed by atoms with Crippen molar-refractivity contribution in [2.75, 3.05) is 0 Å². The highest BCUT2D eigenvalue weighted by Crippen LogP contribution is 2.85. The number of nitriles is 1. The van der Waals surface area contributed by atoms with E-state index in [9.17, 15) is 5.26 Å². The lowest BCUT2D eigenvalue weighted by Gasteiger charge is -2.20. The molecule has 0 aliphatic heterocycles. The Bertz CT molecular complexity index is 290. The van der Waals surface area contributed by atoms with Gasteiger partial charge in [-0.15, -0.1) is 0 Å². The molecule has 3 saturated carbocycles. The van der Waals surface area contributed by atoms with Crippen molar-refractivity contribution in [1.82, 2.24) is 0 Å². The Balaban J connectivity index is 2.13. The van der Waals surface area contributed by atoms with E-state index in [1.807, 2.05) is 0 Å². The van der Waals surface area contributed by atoms with Gasteiger partial charge >= 0.3 is 0 Å². The van der Waals surface area contributed by atoms with Gasteiger partial charge in [0.1, 0.15) is 0 Å². The highest BCUT2D eigenvalue weighted by Gasteiger charge is 2.82. The molecule has 0 aromatic rings. The van der Waals surface area contributed by atoms with Gasteiger partial charge in [-0.05, 0) is 42.4 Å². The summed E-state index contributed by atoms with van der Waals surface area (Å²) in [5.74, 6) is 2.32. The summed E-state index contributed by atoms with van der Waals surface area (Å²) in [6.45, 7) is 4.64. The normalized spacial score (nSPS) is 65.9. The first-order valence-electron chi connectivity index (χ1n) is 5.09. The number of nitrogens with zero attached hydrogens (tertiary/aromatic N) is 1. The van der Waals surface area contributed by atoms with Crippen molar-refractivity contribution in [3.05, 3.63) is 0 Å². The molecule has 0 aromatic heterocycles. The zero-order valence-electron chi connectivity index (χ0n) is 7.80. The Labute approximate surface area is 73.8 Å². The molecule has 3 aliphatic rings. The van der Waals surface area contributed by atoms with Gasteiger partial charge in [-0.1, -0.05) is 13.8 Å². The Hall–Kier alpha value is -0.510. The minimum atomic E-state index is 0.121. The van der Waals surface area contributed by atoms with Crippen LogP contribution in [0.3, 0.4) is 0 Å². The number of hydrogen-bond acceptors (Lipinski definition) is 1. The first kappa shape index (κ1) is 6.95. The lowest BCUT2D eigenvalue weighted by molar-refractivity contribution is 0.290. The molecule has 0 saturated heterocycles. The van der Waals surface area contributed by atoms with Crippen molar-refractivity contribution in [1.29, 1.82) is 5.26 Å². The van der Waals surface area contributed by atoms with Crippen LogP contribution in [0, 0.1) is 39.9 Å². The zero-order valence-corrected chi connectivity index (χ0v) is 7.80. The van der Waals surface area contributed by atoms with Gasteiger partial charge in [-0.2, -0.15) is 5.26 Å². The van der Waals surface area contributed by atoms with Crippen molar-refractivity contribution >= 4 is 0 Å². The second-order valence-electron chi connectivity index (χ2n) is 5.19. The van der Waals surface area contributed by atoms with Crippen LogP contribution in [0.25, 0.3) is 0 Å². The maximum absolute atomic E-state index is 9.27. The first-order valence-corrected chi connectivity index (χ1v) is 5.09. The van der Waals surface area contributed by atoms with Gasteiger partial charge in [-0.25, -0.2) is 0 Å². The van der Waals surface area contributed by atoms with Crippen LogP contribution in [0.4, 0.5) is 0 Å². The molecular weight excluding hydrogens is 146 g/mol. The van der Waals surface area contributed by atoms with Crippen molar-refractivity contribution in [3.8, 4) is 6.07 Å². The van der Waals surface area contributed by atoms with Crippen molar-refractivity contribution in [2.24, 2.45) is 28.6 Å². The number of hydrogen-bond donors (Lipinski definition) is 0. The van der Waals surface area contributed by atoms with Crippen LogP contribution in [0.5, 0.6) is 0 Å². The molecule has 0 heterocycles. The molecule has 0 aromatic carbocycles. The molecule has 3 fully saturated rings. The predicted octanol–water partition coefficient (Wildman–Crippen LogP) is 2.58. The number of fused-ring (bicyclic) bond motifs is 5. The highest BCUT2D eigenvalue weighted by atomic mass is 14.8. The third kappa shape index (κ3) is 0.379. The average molecular weight is 161 g/mol. The van der Waals surface area contributed by atoms with Crippen molar-refractivity contribution in [3.63, 3.8) is 0 Å². The Morgan fingerprint density at radius 1 is 1.33 bits per heavy atom. The maximum Gasteiger partial charge on any atom is 0.0701 e. The van der Waals surface area contributed by atoms with Crippen LogP contribution in [-0.2, 0) is 0 Å². The van der Waals surface area contributed by atoms with Crippen LogP contribution in [0.2, 0.25) is 0 Å².